The lowest BCUT2D eigenvalue weighted by atomic mass is 10.2. The van der Waals surface area contributed by atoms with Gasteiger partial charge < -0.3 is 9.47 Å². The fraction of sp³-hybridized carbons (Fsp3) is 0.417. The third-order valence-corrected chi connectivity index (χ3v) is 2.54. The van der Waals surface area contributed by atoms with Crippen molar-refractivity contribution in [2.45, 2.75) is 18.9 Å². The molecule has 0 saturated carbocycles. The molecule has 86 valence electrons. The van der Waals surface area contributed by atoms with Gasteiger partial charge in [0.25, 0.3) is 0 Å². The molecule has 16 heavy (non-hydrogen) atoms. The highest BCUT2D eigenvalue weighted by Gasteiger charge is 2.16. The molecule has 0 radical (unpaired) electrons. The Hall–Kier alpha value is -1.42. The van der Waals surface area contributed by atoms with Gasteiger partial charge in [-0.25, -0.2) is 4.39 Å². The summed E-state index contributed by atoms with van der Waals surface area (Å²) in [4.78, 5) is 10.4. The van der Waals surface area contributed by atoms with Crippen LogP contribution < -0.4 is 4.74 Å². The minimum Gasteiger partial charge on any atom is -0.488 e. The number of benzene rings is 1. The molecule has 1 saturated heterocycles. The zero-order valence-electron chi connectivity index (χ0n) is 8.82. The van der Waals surface area contributed by atoms with Gasteiger partial charge in [-0.15, -0.1) is 0 Å². The molecule has 0 amide bonds. The van der Waals surface area contributed by atoms with E-state index in [0.29, 0.717) is 18.5 Å². The van der Waals surface area contributed by atoms with E-state index in [4.69, 9.17) is 9.47 Å². The summed E-state index contributed by atoms with van der Waals surface area (Å²) in [6.07, 6.45) is 2.65. The first-order valence-electron chi connectivity index (χ1n) is 5.29. The van der Waals surface area contributed by atoms with E-state index in [1.165, 1.54) is 12.1 Å². The highest BCUT2D eigenvalue weighted by molar-refractivity contribution is 5.74. The number of halogens is 1. The van der Waals surface area contributed by atoms with Gasteiger partial charge in [0.05, 0.1) is 6.10 Å². The lowest BCUT2D eigenvalue weighted by molar-refractivity contribution is 0.0665. The molecule has 3 nitrogen and oxygen atoms in total. The number of ether oxygens (including phenoxy) is 2. The van der Waals surface area contributed by atoms with E-state index < -0.39 is 5.82 Å². The van der Waals surface area contributed by atoms with Crippen molar-refractivity contribution in [1.29, 1.82) is 0 Å². The molecule has 0 aromatic heterocycles. The maximum absolute atomic E-state index is 13.4. The van der Waals surface area contributed by atoms with E-state index >= 15 is 0 Å². The Balaban J connectivity index is 1.95. The van der Waals surface area contributed by atoms with E-state index in [1.54, 1.807) is 0 Å². The van der Waals surface area contributed by atoms with Crippen LogP contribution in [-0.2, 0) is 4.74 Å². The van der Waals surface area contributed by atoms with Crippen LogP contribution >= 0.6 is 0 Å². The lowest BCUT2D eigenvalue weighted by Gasteiger charge is -2.11. The molecule has 1 aliphatic heterocycles. The predicted molar refractivity (Wildman–Crippen MR) is 56.3 cm³/mol. The average Bonchev–Trinajstić information content (AvgIpc) is 2.80. The van der Waals surface area contributed by atoms with E-state index in [-0.39, 0.29) is 11.9 Å². The van der Waals surface area contributed by atoms with E-state index in [1.807, 2.05) is 0 Å². The summed E-state index contributed by atoms with van der Waals surface area (Å²) < 4.78 is 24.0. The minimum atomic E-state index is -0.511. The van der Waals surface area contributed by atoms with Crippen LogP contribution in [0.15, 0.2) is 18.2 Å². The maximum Gasteiger partial charge on any atom is 0.165 e. The molecule has 2 rings (SSSR count). The summed E-state index contributed by atoms with van der Waals surface area (Å²) in [5.74, 6) is -0.344. The molecule has 1 fully saturated rings. The van der Waals surface area contributed by atoms with Gasteiger partial charge in [0.2, 0.25) is 0 Å². The molecule has 0 spiro atoms. The van der Waals surface area contributed by atoms with Crippen molar-refractivity contribution in [1.82, 2.24) is 0 Å². The number of hydrogen-bond acceptors (Lipinski definition) is 3. The van der Waals surface area contributed by atoms with Crippen molar-refractivity contribution in [2.24, 2.45) is 0 Å². The summed E-state index contributed by atoms with van der Waals surface area (Å²) in [5, 5.41) is 0. The Morgan fingerprint density at radius 2 is 2.44 bits per heavy atom. The smallest absolute Gasteiger partial charge is 0.165 e. The minimum absolute atomic E-state index is 0.0603. The number of rotatable bonds is 4. The van der Waals surface area contributed by atoms with Crippen molar-refractivity contribution in [3.8, 4) is 5.75 Å². The number of aldehydes is 1. The summed E-state index contributed by atoms with van der Waals surface area (Å²) in [7, 11) is 0. The lowest BCUT2D eigenvalue weighted by Crippen LogP contribution is -2.16. The molecule has 1 atom stereocenters. The van der Waals surface area contributed by atoms with Crippen molar-refractivity contribution >= 4 is 6.29 Å². The van der Waals surface area contributed by atoms with E-state index in [0.717, 1.165) is 25.5 Å². The van der Waals surface area contributed by atoms with Gasteiger partial charge in [-0.2, -0.15) is 0 Å². The third kappa shape index (κ3) is 2.58. The summed E-state index contributed by atoms with van der Waals surface area (Å²) in [6.45, 7) is 1.11. The first kappa shape index (κ1) is 11.1. The molecular formula is C12H13FO3. The molecular weight excluding hydrogens is 211 g/mol. The number of carbonyl (C=O) groups excluding carboxylic acids is 1. The van der Waals surface area contributed by atoms with Crippen LogP contribution in [0.1, 0.15) is 23.2 Å². The third-order valence-electron chi connectivity index (χ3n) is 2.54. The fourth-order valence-corrected chi connectivity index (χ4v) is 1.67. The Morgan fingerprint density at radius 3 is 3.06 bits per heavy atom. The summed E-state index contributed by atoms with van der Waals surface area (Å²) in [5.41, 5.74) is 0.307. The molecule has 1 heterocycles. The van der Waals surface area contributed by atoms with Gasteiger partial charge in [0, 0.05) is 12.2 Å². The highest BCUT2D eigenvalue weighted by atomic mass is 19.1. The van der Waals surface area contributed by atoms with Crippen molar-refractivity contribution in [2.75, 3.05) is 13.2 Å². The summed E-state index contributed by atoms with van der Waals surface area (Å²) in [6, 6.07) is 4.16. The summed E-state index contributed by atoms with van der Waals surface area (Å²) >= 11 is 0. The van der Waals surface area contributed by atoms with Gasteiger partial charge in [-0.3, -0.25) is 4.79 Å². The Bertz CT molecular complexity index is 373. The van der Waals surface area contributed by atoms with Crippen LogP contribution in [0, 0.1) is 5.82 Å². The first-order valence-corrected chi connectivity index (χ1v) is 5.29. The monoisotopic (exact) mass is 224 g/mol. The molecule has 0 N–H and O–H groups in total. The molecule has 1 aliphatic rings. The van der Waals surface area contributed by atoms with Crippen LogP contribution in [0.3, 0.4) is 0 Å². The van der Waals surface area contributed by atoms with Gasteiger partial charge in [0.1, 0.15) is 12.9 Å². The second-order valence-corrected chi connectivity index (χ2v) is 3.75. The molecule has 1 aromatic rings. The normalized spacial score (nSPS) is 19.7. The maximum atomic E-state index is 13.4. The fourth-order valence-electron chi connectivity index (χ4n) is 1.67. The second-order valence-electron chi connectivity index (χ2n) is 3.75. The standard InChI is InChI=1S/C12H13FO3/c13-11-6-9(7-14)3-4-12(11)16-8-10-2-1-5-15-10/h3-4,6-7,10H,1-2,5,8H2. The highest BCUT2D eigenvalue weighted by Crippen LogP contribution is 2.19. The van der Waals surface area contributed by atoms with E-state index in [9.17, 15) is 9.18 Å². The van der Waals surface area contributed by atoms with Crippen LogP contribution in [0.25, 0.3) is 0 Å². The SMILES string of the molecule is O=Cc1ccc(OCC2CCCO2)c(F)c1. The molecule has 1 unspecified atom stereocenters. The topological polar surface area (TPSA) is 35.5 Å². The van der Waals surface area contributed by atoms with Crippen molar-refractivity contribution in [3.05, 3.63) is 29.6 Å². The van der Waals surface area contributed by atoms with Crippen LogP contribution in [0.2, 0.25) is 0 Å². The second kappa shape index (κ2) is 5.07. The Morgan fingerprint density at radius 1 is 1.56 bits per heavy atom. The van der Waals surface area contributed by atoms with Crippen LogP contribution in [-0.4, -0.2) is 25.6 Å². The molecule has 0 aliphatic carbocycles. The van der Waals surface area contributed by atoms with Gasteiger partial charge in [0.15, 0.2) is 11.6 Å². The molecule has 1 aromatic carbocycles. The average molecular weight is 224 g/mol. The van der Waals surface area contributed by atoms with E-state index in [2.05, 4.69) is 0 Å². The first-order chi connectivity index (χ1) is 7.79. The number of hydrogen-bond donors (Lipinski definition) is 0. The quantitative estimate of drug-likeness (QED) is 0.735. The van der Waals surface area contributed by atoms with Gasteiger partial charge in [-0.05, 0) is 31.0 Å². The predicted octanol–water partition coefficient (Wildman–Crippen LogP) is 2.20. The zero-order chi connectivity index (χ0) is 11.4. The van der Waals surface area contributed by atoms with Gasteiger partial charge >= 0.3 is 0 Å². The molecule has 0 bridgehead atoms. The number of carbonyl (C=O) groups is 1. The molecule has 4 heteroatoms. The Kier molecular flexibility index (Phi) is 3.51. The zero-order valence-corrected chi connectivity index (χ0v) is 8.82. The van der Waals surface area contributed by atoms with Crippen molar-refractivity contribution < 1.29 is 18.7 Å². The van der Waals surface area contributed by atoms with Crippen molar-refractivity contribution in [3.63, 3.8) is 0 Å². The Labute approximate surface area is 93.2 Å². The van der Waals surface area contributed by atoms with Gasteiger partial charge in [-0.1, -0.05) is 0 Å². The van der Waals surface area contributed by atoms with Crippen LogP contribution in [0.5, 0.6) is 5.75 Å². The van der Waals surface area contributed by atoms with Crippen LogP contribution in [0.4, 0.5) is 4.39 Å². The largest absolute Gasteiger partial charge is 0.488 e.